The van der Waals surface area contributed by atoms with Gasteiger partial charge in [-0.1, -0.05) is 11.6 Å². The molecule has 0 amide bonds. The van der Waals surface area contributed by atoms with E-state index in [0.29, 0.717) is 4.88 Å². The number of rotatable bonds is 2. The molecule has 2 rings (SSSR count). The summed E-state index contributed by atoms with van der Waals surface area (Å²) >= 11 is 1.42. The van der Waals surface area contributed by atoms with Gasteiger partial charge < -0.3 is 0 Å². The molecular formula is C14H13FOS. The summed E-state index contributed by atoms with van der Waals surface area (Å²) in [5, 5.41) is 0. The fraction of sp³-hybridized carbons (Fsp3) is 0.214. The number of hydrogen-bond acceptors (Lipinski definition) is 2. The van der Waals surface area contributed by atoms with Crippen LogP contribution in [0.25, 0.3) is 0 Å². The Morgan fingerprint density at radius 1 is 1.18 bits per heavy atom. The maximum absolute atomic E-state index is 13.6. The molecule has 1 aromatic carbocycles. The van der Waals surface area contributed by atoms with Gasteiger partial charge in [0.15, 0.2) is 0 Å². The first kappa shape index (κ1) is 12.0. The summed E-state index contributed by atoms with van der Waals surface area (Å²) in [6, 6.07) is 6.56. The summed E-state index contributed by atoms with van der Waals surface area (Å²) in [5.74, 6) is -0.673. The van der Waals surface area contributed by atoms with Crippen molar-refractivity contribution in [3.8, 4) is 0 Å². The van der Waals surface area contributed by atoms with Crippen molar-refractivity contribution in [2.24, 2.45) is 0 Å². The molecule has 0 bridgehead atoms. The summed E-state index contributed by atoms with van der Waals surface area (Å²) in [7, 11) is 0. The second-order valence-electron chi connectivity index (χ2n) is 4.18. The lowest BCUT2D eigenvalue weighted by Crippen LogP contribution is -2.04. The molecule has 0 aliphatic rings. The number of carbonyl (C=O) groups is 1. The maximum atomic E-state index is 13.6. The van der Waals surface area contributed by atoms with Gasteiger partial charge in [-0.3, -0.25) is 4.79 Å². The minimum absolute atomic E-state index is 0.162. The van der Waals surface area contributed by atoms with Crippen molar-refractivity contribution in [3.63, 3.8) is 0 Å². The van der Waals surface area contributed by atoms with Crippen molar-refractivity contribution in [2.75, 3.05) is 0 Å². The van der Waals surface area contributed by atoms with Crippen molar-refractivity contribution in [1.82, 2.24) is 0 Å². The van der Waals surface area contributed by atoms with Gasteiger partial charge in [-0.15, -0.1) is 11.3 Å². The fourth-order valence-corrected chi connectivity index (χ4v) is 2.78. The van der Waals surface area contributed by atoms with Crippen LogP contribution in [-0.4, -0.2) is 5.78 Å². The highest BCUT2D eigenvalue weighted by atomic mass is 32.1. The maximum Gasteiger partial charge on any atom is 0.206 e. The molecule has 0 aliphatic heterocycles. The molecule has 0 radical (unpaired) electrons. The van der Waals surface area contributed by atoms with Crippen molar-refractivity contribution in [1.29, 1.82) is 0 Å². The van der Waals surface area contributed by atoms with E-state index < -0.39 is 5.82 Å². The van der Waals surface area contributed by atoms with E-state index in [1.165, 1.54) is 17.4 Å². The third-order valence-corrected chi connectivity index (χ3v) is 3.77. The van der Waals surface area contributed by atoms with E-state index in [0.717, 1.165) is 16.0 Å². The first-order valence-electron chi connectivity index (χ1n) is 5.37. The SMILES string of the molecule is Cc1ccc(F)c(C(=O)c2sc(C)cc2C)c1. The van der Waals surface area contributed by atoms with E-state index in [4.69, 9.17) is 0 Å². The molecule has 0 N–H and O–H groups in total. The molecule has 0 spiro atoms. The van der Waals surface area contributed by atoms with Gasteiger partial charge in [0.05, 0.1) is 10.4 Å². The van der Waals surface area contributed by atoms with E-state index in [2.05, 4.69) is 0 Å². The van der Waals surface area contributed by atoms with Crippen molar-refractivity contribution in [3.05, 3.63) is 56.5 Å². The molecule has 0 saturated heterocycles. The van der Waals surface area contributed by atoms with Gasteiger partial charge in [0.2, 0.25) is 5.78 Å². The monoisotopic (exact) mass is 248 g/mol. The van der Waals surface area contributed by atoms with Crippen LogP contribution in [0.15, 0.2) is 24.3 Å². The van der Waals surface area contributed by atoms with Crippen LogP contribution < -0.4 is 0 Å². The summed E-state index contributed by atoms with van der Waals surface area (Å²) in [6.45, 7) is 5.67. The standard InChI is InChI=1S/C14H13FOS/c1-8-4-5-12(15)11(6-8)13(16)14-9(2)7-10(3)17-14/h4-7H,1-3H3. The number of thiophene rings is 1. The van der Waals surface area contributed by atoms with Gasteiger partial charge in [0.25, 0.3) is 0 Å². The third kappa shape index (κ3) is 2.29. The van der Waals surface area contributed by atoms with Crippen LogP contribution in [0.3, 0.4) is 0 Å². The Balaban J connectivity index is 2.50. The van der Waals surface area contributed by atoms with Gasteiger partial charge in [-0.2, -0.15) is 0 Å². The zero-order chi connectivity index (χ0) is 12.6. The highest BCUT2D eigenvalue weighted by Gasteiger charge is 2.18. The molecule has 0 fully saturated rings. The topological polar surface area (TPSA) is 17.1 Å². The predicted octanol–water partition coefficient (Wildman–Crippen LogP) is 4.04. The summed E-state index contributed by atoms with van der Waals surface area (Å²) in [4.78, 5) is 13.9. The first-order valence-corrected chi connectivity index (χ1v) is 6.18. The number of hydrogen-bond donors (Lipinski definition) is 0. The number of aryl methyl sites for hydroxylation is 3. The summed E-state index contributed by atoms with van der Waals surface area (Å²) in [6.07, 6.45) is 0. The van der Waals surface area contributed by atoms with Gasteiger partial charge in [0.1, 0.15) is 5.82 Å². The largest absolute Gasteiger partial charge is 0.288 e. The first-order chi connectivity index (χ1) is 7.99. The lowest BCUT2D eigenvalue weighted by atomic mass is 10.0. The molecule has 88 valence electrons. The molecule has 1 nitrogen and oxygen atoms in total. The highest BCUT2D eigenvalue weighted by molar-refractivity contribution is 7.14. The minimum Gasteiger partial charge on any atom is -0.288 e. The van der Waals surface area contributed by atoms with E-state index in [9.17, 15) is 9.18 Å². The zero-order valence-corrected chi connectivity index (χ0v) is 10.8. The van der Waals surface area contributed by atoms with Gasteiger partial charge in [-0.25, -0.2) is 4.39 Å². The van der Waals surface area contributed by atoms with E-state index in [-0.39, 0.29) is 11.3 Å². The second kappa shape index (κ2) is 4.41. The average molecular weight is 248 g/mol. The van der Waals surface area contributed by atoms with E-state index in [1.807, 2.05) is 26.8 Å². The summed E-state index contributed by atoms with van der Waals surface area (Å²) < 4.78 is 13.6. The molecule has 0 unspecified atom stereocenters. The quantitative estimate of drug-likeness (QED) is 0.733. The summed E-state index contributed by atoms with van der Waals surface area (Å²) in [5.41, 5.74) is 1.97. The molecular weight excluding hydrogens is 235 g/mol. The Labute approximate surface area is 104 Å². The zero-order valence-electron chi connectivity index (χ0n) is 10.0. The molecule has 0 atom stereocenters. The van der Waals surface area contributed by atoms with E-state index >= 15 is 0 Å². The van der Waals surface area contributed by atoms with Crippen LogP contribution in [0.4, 0.5) is 4.39 Å². The Bertz CT molecular complexity index is 584. The van der Waals surface area contributed by atoms with E-state index in [1.54, 1.807) is 12.1 Å². The molecule has 1 aromatic heterocycles. The number of halogens is 1. The smallest absolute Gasteiger partial charge is 0.206 e. The molecule has 17 heavy (non-hydrogen) atoms. The van der Waals surface area contributed by atoms with Crippen LogP contribution in [0.5, 0.6) is 0 Å². The molecule has 1 heterocycles. The molecule has 3 heteroatoms. The average Bonchev–Trinajstić information content (AvgIpc) is 2.60. The molecule has 0 saturated carbocycles. The van der Waals surface area contributed by atoms with Gasteiger partial charge >= 0.3 is 0 Å². The number of benzene rings is 1. The lowest BCUT2D eigenvalue weighted by molar-refractivity contribution is 0.103. The van der Waals surface area contributed by atoms with Gasteiger partial charge in [-0.05, 0) is 44.5 Å². The predicted molar refractivity (Wildman–Crippen MR) is 68.4 cm³/mol. The van der Waals surface area contributed by atoms with Crippen molar-refractivity contribution in [2.45, 2.75) is 20.8 Å². The Kier molecular flexibility index (Phi) is 3.11. The van der Waals surface area contributed by atoms with Crippen molar-refractivity contribution >= 4 is 17.1 Å². The lowest BCUT2D eigenvalue weighted by Gasteiger charge is -2.03. The normalized spacial score (nSPS) is 10.6. The highest BCUT2D eigenvalue weighted by Crippen LogP contribution is 2.25. The van der Waals surface area contributed by atoms with Crippen LogP contribution in [-0.2, 0) is 0 Å². The Morgan fingerprint density at radius 3 is 2.47 bits per heavy atom. The Morgan fingerprint density at radius 2 is 1.88 bits per heavy atom. The van der Waals surface area contributed by atoms with Gasteiger partial charge in [0, 0.05) is 4.88 Å². The second-order valence-corrected chi connectivity index (χ2v) is 5.44. The fourth-order valence-electron chi connectivity index (χ4n) is 1.80. The van der Waals surface area contributed by atoms with Crippen LogP contribution in [0.2, 0.25) is 0 Å². The van der Waals surface area contributed by atoms with Crippen molar-refractivity contribution < 1.29 is 9.18 Å². The Hall–Kier alpha value is -1.48. The molecule has 0 aliphatic carbocycles. The van der Waals surface area contributed by atoms with Crippen LogP contribution >= 0.6 is 11.3 Å². The molecule has 2 aromatic rings. The van der Waals surface area contributed by atoms with Crippen LogP contribution in [0, 0.1) is 26.6 Å². The van der Waals surface area contributed by atoms with Crippen LogP contribution in [0.1, 0.15) is 31.2 Å². The number of ketones is 1. The third-order valence-electron chi connectivity index (χ3n) is 2.61. The number of carbonyl (C=O) groups excluding carboxylic acids is 1. The minimum atomic E-state index is -0.453.